The van der Waals surface area contributed by atoms with E-state index in [1.165, 1.54) is 6.42 Å². The molecule has 4 aliphatic rings. The Morgan fingerprint density at radius 1 is 1.23 bits per heavy atom. The molecule has 2 saturated carbocycles. The van der Waals surface area contributed by atoms with Gasteiger partial charge in [0.25, 0.3) is 0 Å². The van der Waals surface area contributed by atoms with Gasteiger partial charge in [-0.15, -0.1) is 0 Å². The summed E-state index contributed by atoms with van der Waals surface area (Å²) in [5, 5.41) is 9.15. The van der Waals surface area contributed by atoms with Crippen molar-refractivity contribution in [1.82, 2.24) is 0 Å². The molecule has 72 valence electrons. The van der Waals surface area contributed by atoms with Crippen LogP contribution in [0.2, 0.25) is 0 Å². The molecule has 2 heterocycles. The molecule has 0 aromatic carbocycles. The van der Waals surface area contributed by atoms with Gasteiger partial charge in [0.1, 0.15) is 0 Å². The van der Waals surface area contributed by atoms with Crippen LogP contribution in [-0.4, -0.2) is 22.8 Å². The Kier molecular flexibility index (Phi) is 1.36. The van der Waals surface area contributed by atoms with Crippen molar-refractivity contribution in [2.24, 2.45) is 11.8 Å². The van der Waals surface area contributed by atoms with Crippen molar-refractivity contribution in [2.75, 3.05) is 0 Å². The van der Waals surface area contributed by atoms with E-state index in [9.17, 15) is 4.79 Å². The maximum absolute atomic E-state index is 11.1. The number of rotatable bonds is 1. The summed E-state index contributed by atoms with van der Waals surface area (Å²) >= 11 is 0. The van der Waals surface area contributed by atoms with Crippen molar-refractivity contribution in [1.29, 1.82) is 0 Å². The van der Waals surface area contributed by atoms with Crippen LogP contribution in [0.3, 0.4) is 0 Å². The molecular weight excluding hydrogens is 168 g/mol. The fourth-order valence-corrected chi connectivity index (χ4v) is 3.59. The Hall–Kier alpha value is -0.570. The molecule has 2 saturated heterocycles. The number of ether oxygens (including phenoxy) is 1. The summed E-state index contributed by atoms with van der Waals surface area (Å²) in [4.78, 5) is 11.1. The van der Waals surface area contributed by atoms with Crippen LogP contribution < -0.4 is 0 Å². The fourth-order valence-electron chi connectivity index (χ4n) is 3.59. The van der Waals surface area contributed by atoms with E-state index < -0.39 is 11.6 Å². The van der Waals surface area contributed by atoms with Crippen LogP contribution in [0.5, 0.6) is 0 Å². The number of hydrogen-bond acceptors (Lipinski definition) is 2. The van der Waals surface area contributed by atoms with E-state index in [-0.39, 0.29) is 6.10 Å². The highest BCUT2D eigenvalue weighted by Crippen LogP contribution is 2.52. The Bertz CT molecular complexity index is 224. The Morgan fingerprint density at radius 3 is 2.31 bits per heavy atom. The first-order valence-electron chi connectivity index (χ1n) is 5.09. The van der Waals surface area contributed by atoms with E-state index in [2.05, 4.69) is 0 Å². The molecule has 0 amide bonds. The number of aliphatic carboxylic acids is 1. The molecule has 2 atom stereocenters. The summed E-state index contributed by atoms with van der Waals surface area (Å²) in [5.74, 6) is 0.524. The van der Waals surface area contributed by atoms with E-state index in [1.54, 1.807) is 0 Å². The summed E-state index contributed by atoms with van der Waals surface area (Å²) in [5.41, 5.74) is -0.783. The predicted molar refractivity (Wildman–Crippen MR) is 45.3 cm³/mol. The van der Waals surface area contributed by atoms with Gasteiger partial charge >= 0.3 is 5.97 Å². The first-order chi connectivity index (χ1) is 6.18. The summed E-state index contributed by atoms with van der Waals surface area (Å²) in [6, 6.07) is 0. The third-order valence-electron chi connectivity index (χ3n) is 3.88. The molecule has 0 spiro atoms. The van der Waals surface area contributed by atoms with Gasteiger partial charge in [-0.1, -0.05) is 0 Å². The first-order valence-corrected chi connectivity index (χ1v) is 5.09. The lowest BCUT2D eigenvalue weighted by Gasteiger charge is -2.54. The van der Waals surface area contributed by atoms with Gasteiger partial charge in [0, 0.05) is 0 Å². The SMILES string of the molecule is O=C(O)C12CC3CC(CC(C3)O1)C2. The van der Waals surface area contributed by atoms with Crippen LogP contribution in [0.1, 0.15) is 32.1 Å². The molecule has 2 aliphatic carbocycles. The van der Waals surface area contributed by atoms with Crippen LogP contribution >= 0.6 is 0 Å². The summed E-state index contributed by atoms with van der Waals surface area (Å²) in [6.07, 6.45) is 5.22. The summed E-state index contributed by atoms with van der Waals surface area (Å²) in [7, 11) is 0. The van der Waals surface area contributed by atoms with Gasteiger partial charge in [-0.25, -0.2) is 4.79 Å². The van der Waals surface area contributed by atoms with Crippen LogP contribution in [0.15, 0.2) is 0 Å². The van der Waals surface area contributed by atoms with E-state index in [4.69, 9.17) is 9.84 Å². The van der Waals surface area contributed by atoms with E-state index in [0.29, 0.717) is 11.8 Å². The molecule has 3 heteroatoms. The number of carbonyl (C=O) groups is 1. The molecule has 1 N–H and O–H groups in total. The van der Waals surface area contributed by atoms with Gasteiger partial charge in [-0.3, -0.25) is 0 Å². The van der Waals surface area contributed by atoms with Gasteiger partial charge in [0.05, 0.1) is 6.10 Å². The number of carboxylic acid groups (broad SMARTS) is 1. The lowest BCUT2D eigenvalue weighted by atomic mass is 9.62. The first kappa shape index (κ1) is 7.80. The third-order valence-corrected chi connectivity index (χ3v) is 3.88. The van der Waals surface area contributed by atoms with Gasteiger partial charge in [0.15, 0.2) is 5.60 Å². The van der Waals surface area contributed by atoms with Gasteiger partial charge in [-0.2, -0.15) is 0 Å². The van der Waals surface area contributed by atoms with Gasteiger partial charge in [0.2, 0.25) is 0 Å². The second-order valence-electron chi connectivity index (χ2n) is 4.89. The number of hydrogen-bond donors (Lipinski definition) is 1. The highest BCUT2D eigenvalue weighted by Gasteiger charge is 2.56. The molecule has 0 aromatic heterocycles. The second-order valence-corrected chi connectivity index (χ2v) is 4.89. The smallest absolute Gasteiger partial charge is 0.336 e. The highest BCUT2D eigenvalue weighted by molar-refractivity contribution is 5.78. The van der Waals surface area contributed by atoms with Crippen molar-refractivity contribution >= 4 is 5.97 Å². The standard InChI is InChI=1S/C10H14O3/c11-9(12)10-4-6-1-7(5-10)3-8(2-6)13-10/h6-8H,1-5H2,(H,11,12). The summed E-state index contributed by atoms with van der Waals surface area (Å²) < 4.78 is 5.67. The molecule has 13 heavy (non-hydrogen) atoms. The zero-order valence-corrected chi connectivity index (χ0v) is 7.53. The van der Waals surface area contributed by atoms with Crippen LogP contribution in [0.25, 0.3) is 0 Å². The minimum atomic E-state index is -0.783. The van der Waals surface area contributed by atoms with Crippen molar-refractivity contribution in [3.05, 3.63) is 0 Å². The van der Waals surface area contributed by atoms with E-state index in [0.717, 1.165) is 25.7 Å². The van der Waals surface area contributed by atoms with Crippen LogP contribution in [-0.2, 0) is 9.53 Å². The minimum absolute atomic E-state index is 0.252. The quantitative estimate of drug-likeness (QED) is 0.667. The van der Waals surface area contributed by atoms with Gasteiger partial charge < -0.3 is 9.84 Å². The second kappa shape index (κ2) is 2.27. The summed E-state index contributed by atoms with van der Waals surface area (Å²) in [6.45, 7) is 0. The lowest BCUT2D eigenvalue weighted by Crippen LogP contribution is -2.58. The Morgan fingerprint density at radius 2 is 1.85 bits per heavy atom. The topological polar surface area (TPSA) is 46.5 Å². The normalized spacial score (nSPS) is 52.5. The predicted octanol–water partition coefficient (Wildman–Crippen LogP) is 1.42. The van der Waals surface area contributed by atoms with Crippen LogP contribution in [0, 0.1) is 11.8 Å². The van der Waals surface area contributed by atoms with Crippen molar-refractivity contribution in [3.63, 3.8) is 0 Å². The third kappa shape index (κ3) is 0.966. The van der Waals surface area contributed by atoms with Crippen molar-refractivity contribution in [2.45, 2.75) is 43.8 Å². The maximum Gasteiger partial charge on any atom is 0.336 e. The Labute approximate surface area is 77.1 Å². The molecular formula is C10H14O3. The average Bonchev–Trinajstić information content (AvgIpc) is 2.00. The van der Waals surface area contributed by atoms with E-state index in [1.807, 2.05) is 0 Å². The molecule has 2 aliphatic heterocycles. The van der Waals surface area contributed by atoms with E-state index >= 15 is 0 Å². The average molecular weight is 182 g/mol. The lowest BCUT2D eigenvalue weighted by molar-refractivity contribution is -0.230. The molecule has 3 nitrogen and oxygen atoms in total. The maximum atomic E-state index is 11.1. The fraction of sp³-hybridized carbons (Fsp3) is 0.900. The molecule has 4 fully saturated rings. The van der Waals surface area contributed by atoms with Crippen molar-refractivity contribution < 1.29 is 14.6 Å². The number of carboxylic acids is 1. The highest BCUT2D eigenvalue weighted by atomic mass is 16.5. The molecule has 2 unspecified atom stereocenters. The molecule has 0 radical (unpaired) electrons. The molecule has 0 aromatic rings. The minimum Gasteiger partial charge on any atom is -0.479 e. The zero-order valence-electron chi connectivity index (χ0n) is 7.53. The Balaban J connectivity index is 1.95. The molecule has 4 bridgehead atoms. The van der Waals surface area contributed by atoms with Crippen molar-refractivity contribution in [3.8, 4) is 0 Å². The van der Waals surface area contributed by atoms with Gasteiger partial charge in [-0.05, 0) is 43.9 Å². The zero-order chi connectivity index (χ0) is 9.05. The molecule has 4 rings (SSSR count). The largest absolute Gasteiger partial charge is 0.479 e. The van der Waals surface area contributed by atoms with Crippen LogP contribution in [0.4, 0.5) is 0 Å². The monoisotopic (exact) mass is 182 g/mol.